The van der Waals surface area contributed by atoms with Crippen LogP contribution in [0, 0.1) is 6.92 Å². The van der Waals surface area contributed by atoms with Gasteiger partial charge in [-0.3, -0.25) is 0 Å². The molecule has 6 nitrogen and oxygen atoms in total. The van der Waals surface area contributed by atoms with E-state index >= 15 is 0 Å². The number of carbonyl (C=O) groups excluding carboxylic acids is 2. The van der Waals surface area contributed by atoms with Crippen molar-refractivity contribution in [2.75, 3.05) is 11.1 Å². The Balaban J connectivity index is 2.73. The molecular weight excluding hydrogens is 236 g/mol. The maximum Gasteiger partial charge on any atom is 0.0662 e. The molecule has 0 saturated heterocycles. The van der Waals surface area contributed by atoms with E-state index in [4.69, 9.17) is 5.73 Å². The first-order valence-corrected chi connectivity index (χ1v) is 5.43. The van der Waals surface area contributed by atoms with Crippen LogP contribution in [0.3, 0.4) is 0 Å². The number of carboxylic acids is 2. The number of anilines is 2. The number of benzene rings is 1. The van der Waals surface area contributed by atoms with Gasteiger partial charge in [-0.1, -0.05) is 0 Å². The molecule has 0 aliphatic carbocycles. The average Bonchev–Trinajstić information content (AvgIpc) is 2.28. The second kappa shape index (κ2) is 5.90. The first-order chi connectivity index (χ1) is 8.40. The zero-order valence-corrected chi connectivity index (χ0v) is 9.93. The monoisotopic (exact) mass is 250 g/mol. The smallest absolute Gasteiger partial charge is 0.0662 e. The van der Waals surface area contributed by atoms with Crippen LogP contribution >= 0.6 is 0 Å². The highest BCUT2D eigenvalue weighted by atomic mass is 16.4. The Labute approximate surface area is 104 Å². The molecule has 98 valence electrons. The third-order valence-electron chi connectivity index (χ3n) is 2.53. The molecule has 0 aliphatic rings. The predicted molar refractivity (Wildman–Crippen MR) is 62.3 cm³/mol. The summed E-state index contributed by atoms with van der Waals surface area (Å²) in [7, 11) is 0. The molecule has 0 aromatic heterocycles. The van der Waals surface area contributed by atoms with Gasteiger partial charge < -0.3 is 30.9 Å². The van der Waals surface area contributed by atoms with Gasteiger partial charge >= 0.3 is 0 Å². The fraction of sp³-hybridized carbons (Fsp3) is 0.333. The van der Waals surface area contributed by atoms with Crippen molar-refractivity contribution in [2.45, 2.75) is 25.8 Å². The summed E-state index contributed by atoms with van der Waals surface area (Å²) in [5.74, 6) is -2.65. The first-order valence-electron chi connectivity index (χ1n) is 5.43. The summed E-state index contributed by atoms with van der Waals surface area (Å²) >= 11 is 0. The van der Waals surface area contributed by atoms with Gasteiger partial charge in [-0.15, -0.1) is 0 Å². The molecule has 0 spiro atoms. The molecule has 0 fully saturated rings. The van der Waals surface area contributed by atoms with E-state index < -0.39 is 18.0 Å². The van der Waals surface area contributed by atoms with Crippen LogP contribution in [-0.4, -0.2) is 18.0 Å². The Hall–Kier alpha value is -2.24. The second-order valence-corrected chi connectivity index (χ2v) is 4.00. The van der Waals surface area contributed by atoms with Crippen LogP contribution in [0.25, 0.3) is 0 Å². The van der Waals surface area contributed by atoms with E-state index in [-0.39, 0.29) is 12.8 Å². The lowest BCUT2D eigenvalue weighted by molar-refractivity contribution is -0.308. The normalized spacial score (nSPS) is 11.8. The van der Waals surface area contributed by atoms with Gasteiger partial charge in [0.05, 0.1) is 12.0 Å². The number of carbonyl (C=O) groups is 2. The van der Waals surface area contributed by atoms with Crippen molar-refractivity contribution in [3.05, 3.63) is 23.8 Å². The van der Waals surface area contributed by atoms with E-state index in [0.29, 0.717) is 11.4 Å². The lowest BCUT2D eigenvalue weighted by Gasteiger charge is -2.21. The van der Waals surface area contributed by atoms with Gasteiger partial charge in [-0.25, -0.2) is 0 Å². The molecule has 1 aromatic carbocycles. The highest BCUT2D eigenvalue weighted by molar-refractivity contribution is 5.76. The van der Waals surface area contributed by atoms with Crippen LogP contribution in [0.4, 0.5) is 11.4 Å². The maximum atomic E-state index is 10.9. The largest absolute Gasteiger partial charge is 0.550 e. The van der Waals surface area contributed by atoms with Gasteiger partial charge in [0, 0.05) is 17.3 Å². The summed E-state index contributed by atoms with van der Waals surface area (Å²) in [6, 6.07) is 3.87. The molecule has 6 heteroatoms. The van der Waals surface area contributed by atoms with Gasteiger partial charge in [-0.2, -0.15) is 0 Å². The molecule has 1 unspecified atom stereocenters. The maximum absolute atomic E-state index is 10.9. The summed E-state index contributed by atoms with van der Waals surface area (Å²) in [5, 5.41) is 23.9. The molecule has 0 heterocycles. The fourth-order valence-corrected chi connectivity index (χ4v) is 1.48. The highest BCUT2D eigenvalue weighted by Crippen LogP contribution is 2.18. The predicted octanol–water partition coefficient (Wildman–Crippen LogP) is -1.36. The Kier molecular flexibility index (Phi) is 4.53. The highest BCUT2D eigenvalue weighted by Gasteiger charge is 2.10. The number of aryl methyl sites for hydroxylation is 1. The quantitative estimate of drug-likeness (QED) is 0.602. The van der Waals surface area contributed by atoms with Crippen LogP contribution in [0.15, 0.2) is 18.2 Å². The van der Waals surface area contributed by atoms with E-state index in [1.54, 1.807) is 25.1 Å². The summed E-state index contributed by atoms with van der Waals surface area (Å²) in [5.41, 5.74) is 7.59. The van der Waals surface area contributed by atoms with Crippen LogP contribution in [0.1, 0.15) is 18.4 Å². The Morgan fingerprint density at radius 1 is 1.39 bits per heavy atom. The average molecular weight is 250 g/mol. The minimum Gasteiger partial charge on any atom is -0.550 e. The summed E-state index contributed by atoms with van der Waals surface area (Å²) in [6.45, 7) is 1.79. The van der Waals surface area contributed by atoms with E-state index in [1.807, 2.05) is 0 Å². The van der Waals surface area contributed by atoms with E-state index in [2.05, 4.69) is 5.32 Å². The van der Waals surface area contributed by atoms with Crippen LogP contribution < -0.4 is 21.3 Å². The third-order valence-corrected chi connectivity index (χ3v) is 2.53. The molecule has 0 saturated carbocycles. The van der Waals surface area contributed by atoms with Crippen LogP contribution in [-0.2, 0) is 9.59 Å². The Morgan fingerprint density at radius 2 is 2.06 bits per heavy atom. The van der Waals surface area contributed by atoms with Crippen molar-refractivity contribution in [3.63, 3.8) is 0 Å². The molecule has 1 rings (SSSR count). The van der Waals surface area contributed by atoms with Gasteiger partial charge in [0.15, 0.2) is 0 Å². The standard InChI is InChI=1S/C12H16N2O4/c1-7-6-8(2-3-9(7)13)14-10(12(17)18)4-5-11(15)16/h2-3,6,10,14H,4-5,13H2,1H3,(H,15,16)(H,17,18)/p-2. The fourth-order valence-electron chi connectivity index (χ4n) is 1.48. The van der Waals surface area contributed by atoms with E-state index in [9.17, 15) is 19.8 Å². The number of aliphatic carboxylic acids is 2. The van der Waals surface area contributed by atoms with Crippen molar-refractivity contribution < 1.29 is 19.8 Å². The zero-order chi connectivity index (χ0) is 13.7. The number of rotatable bonds is 6. The van der Waals surface area contributed by atoms with Crippen molar-refractivity contribution in [1.29, 1.82) is 0 Å². The zero-order valence-electron chi connectivity index (χ0n) is 9.93. The summed E-state index contributed by atoms with van der Waals surface area (Å²) in [4.78, 5) is 21.2. The molecule has 0 bridgehead atoms. The minimum atomic E-state index is -1.36. The number of nitrogen functional groups attached to an aromatic ring is 1. The van der Waals surface area contributed by atoms with Crippen molar-refractivity contribution in [2.24, 2.45) is 0 Å². The number of nitrogens with one attached hydrogen (secondary N) is 1. The minimum absolute atomic E-state index is 0.103. The number of hydrogen-bond donors (Lipinski definition) is 2. The lowest BCUT2D eigenvalue weighted by Crippen LogP contribution is -2.41. The third kappa shape index (κ3) is 3.97. The van der Waals surface area contributed by atoms with E-state index in [0.717, 1.165) is 5.56 Å². The molecule has 0 aliphatic heterocycles. The molecular formula is C12H14N2O4-2. The van der Waals surface area contributed by atoms with Gasteiger partial charge in [0.2, 0.25) is 0 Å². The molecule has 1 aromatic rings. The molecule has 18 heavy (non-hydrogen) atoms. The van der Waals surface area contributed by atoms with Crippen molar-refractivity contribution in [3.8, 4) is 0 Å². The van der Waals surface area contributed by atoms with Gasteiger partial charge in [0.25, 0.3) is 0 Å². The summed E-state index contributed by atoms with van der Waals surface area (Å²) in [6.07, 6.45) is -0.451. The molecule has 0 radical (unpaired) electrons. The topological polar surface area (TPSA) is 118 Å². The molecule has 0 amide bonds. The molecule has 3 N–H and O–H groups in total. The Morgan fingerprint density at radius 3 is 2.56 bits per heavy atom. The molecule has 1 atom stereocenters. The van der Waals surface area contributed by atoms with Crippen LogP contribution in [0.2, 0.25) is 0 Å². The number of nitrogens with two attached hydrogens (primary N) is 1. The SMILES string of the molecule is Cc1cc(NC(CCC(=O)[O-])C(=O)[O-])ccc1N. The van der Waals surface area contributed by atoms with Crippen molar-refractivity contribution in [1.82, 2.24) is 0 Å². The summed E-state index contributed by atoms with van der Waals surface area (Å²) < 4.78 is 0. The van der Waals surface area contributed by atoms with Gasteiger partial charge in [0.1, 0.15) is 0 Å². The van der Waals surface area contributed by atoms with Gasteiger partial charge in [-0.05, 0) is 43.5 Å². The number of carboxylic acid groups (broad SMARTS) is 2. The first kappa shape index (κ1) is 13.8. The Bertz CT molecular complexity index is 459. The van der Waals surface area contributed by atoms with E-state index in [1.165, 1.54) is 0 Å². The van der Waals surface area contributed by atoms with Crippen LogP contribution in [0.5, 0.6) is 0 Å². The second-order valence-electron chi connectivity index (χ2n) is 4.00. The number of hydrogen-bond acceptors (Lipinski definition) is 6. The van der Waals surface area contributed by atoms with Crippen molar-refractivity contribution >= 4 is 23.3 Å². The lowest BCUT2D eigenvalue weighted by atomic mass is 10.1.